The van der Waals surface area contributed by atoms with E-state index in [-0.39, 0.29) is 0 Å². The predicted octanol–water partition coefficient (Wildman–Crippen LogP) is 3.84. The highest BCUT2D eigenvalue weighted by Crippen LogP contribution is 2.35. The molecule has 1 aromatic carbocycles. The number of benzene rings is 1. The van der Waals surface area contributed by atoms with Gasteiger partial charge >= 0.3 is 6.03 Å². The molecule has 10 heteroatoms. The Labute approximate surface area is 169 Å². The summed E-state index contributed by atoms with van der Waals surface area (Å²) in [5.41, 5.74) is 1.11. The average Bonchev–Trinajstić information content (AvgIpc) is 3.09. The quantitative estimate of drug-likeness (QED) is 0.653. The van der Waals surface area contributed by atoms with E-state index in [4.69, 9.17) is 0 Å². The van der Waals surface area contributed by atoms with Crippen LogP contribution in [0.4, 0.5) is 15.6 Å². The Morgan fingerprint density at radius 3 is 2.61 bits per heavy atom. The van der Waals surface area contributed by atoms with Gasteiger partial charge in [-0.05, 0) is 31.4 Å². The number of hydrogen-bond donors (Lipinski definition) is 3. The number of nitrogens with one attached hydrogen (secondary N) is 3. The van der Waals surface area contributed by atoms with Crippen molar-refractivity contribution in [2.75, 3.05) is 16.3 Å². The minimum absolute atomic E-state index is 0.406. The Balaban J connectivity index is 1.61. The van der Waals surface area contributed by atoms with Gasteiger partial charge in [-0.1, -0.05) is 48.8 Å². The standard InChI is InChI=1S/C18H25N5O3S2/c1-12(14-10-6-7-11-15(14)23-28(2,25)26)19-17(24)20-18-22-21-16(27-18)13-8-4-3-5-9-13/h6-7,10-13,23H,3-5,8-9H2,1-2H3,(H2,19,20,22,24). The fourth-order valence-electron chi connectivity index (χ4n) is 3.37. The molecule has 1 heterocycles. The summed E-state index contributed by atoms with van der Waals surface area (Å²) in [5.74, 6) is 0.442. The molecule has 3 N–H and O–H groups in total. The third-order valence-corrected chi connectivity index (χ3v) is 6.28. The van der Waals surface area contributed by atoms with Gasteiger partial charge in [0, 0.05) is 5.92 Å². The highest BCUT2D eigenvalue weighted by Gasteiger charge is 2.21. The van der Waals surface area contributed by atoms with E-state index in [0.29, 0.717) is 22.3 Å². The summed E-state index contributed by atoms with van der Waals surface area (Å²) in [7, 11) is -3.41. The number of para-hydroxylation sites is 1. The molecule has 0 spiro atoms. The number of nitrogens with zero attached hydrogens (tertiary/aromatic N) is 2. The second-order valence-corrected chi connectivity index (χ2v) is 9.82. The Bertz CT molecular complexity index is 923. The average molecular weight is 424 g/mol. The molecule has 1 aliphatic carbocycles. The van der Waals surface area contributed by atoms with Crippen molar-refractivity contribution in [3.05, 3.63) is 34.8 Å². The number of carbonyl (C=O) groups excluding carboxylic acids is 1. The smallest absolute Gasteiger partial charge is 0.321 e. The minimum Gasteiger partial charge on any atom is -0.331 e. The lowest BCUT2D eigenvalue weighted by molar-refractivity contribution is 0.249. The molecule has 152 valence electrons. The minimum atomic E-state index is -3.41. The van der Waals surface area contributed by atoms with Gasteiger partial charge in [0.2, 0.25) is 15.2 Å². The van der Waals surface area contributed by atoms with Crippen LogP contribution in [0, 0.1) is 0 Å². The zero-order valence-electron chi connectivity index (χ0n) is 15.9. The highest BCUT2D eigenvalue weighted by molar-refractivity contribution is 7.92. The van der Waals surface area contributed by atoms with Crippen LogP contribution in [-0.4, -0.2) is 30.9 Å². The molecule has 1 unspecified atom stereocenters. The molecule has 1 atom stereocenters. The summed E-state index contributed by atoms with van der Waals surface area (Å²) >= 11 is 1.42. The SMILES string of the molecule is CC(NC(=O)Nc1nnc(C2CCCCC2)s1)c1ccccc1NS(C)(=O)=O. The number of rotatable bonds is 6. The molecule has 0 aliphatic heterocycles. The van der Waals surface area contributed by atoms with E-state index in [1.807, 2.05) is 0 Å². The monoisotopic (exact) mass is 423 g/mol. The van der Waals surface area contributed by atoms with Crippen molar-refractivity contribution < 1.29 is 13.2 Å². The molecule has 0 saturated heterocycles. The summed E-state index contributed by atoms with van der Waals surface area (Å²) in [6, 6.07) is 6.14. The fraction of sp³-hybridized carbons (Fsp3) is 0.500. The summed E-state index contributed by atoms with van der Waals surface area (Å²) in [6.07, 6.45) is 7.05. The molecule has 2 amide bonds. The van der Waals surface area contributed by atoms with E-state index in [9.17, 15) is 13.2 Å². The molecule has 3 rings (SSSR count). The molecule has 1 fully saturated rings. The van der Waals surface area contributed by atoms with Crippen LogP contribution in [0.3, 0.4) is 0 Å². The number of carbonyl (C=O) groups is 1. The van der Waals surface area contributed by atoms with Crippen LogP contribution in [0.25, 0.3) is 0 Å². The number of aromatic nitrogens is 2. The second kappa shape index (κ2) is 8.87. The van der Waals surface area contributed by atoms with Crippen molar-refractivity contribution in [1.29, 1.82) is 0 Å². The molecule has 28 heavy (non-hydrogen) atoms. The zero-order chi connectivity index (χ0) is 20.1. The van der Waals surface area contributed by atoms with Crippen molar-refractivity contribution in [2.45, 2.75) is 51.0 Å². The third kappa shape index (κ3) is 5.65. The van der Waals surface area contributed by atoms with Gasteiger partial charge in [0.15, 0.2) is 0 Å². The van der Waals surface area contributed by atoms with Crippen molar-refractivity contribution in [1.82, 2.24) is 15.5 Å². The lowest BCUT2D eigenvalue weighted by Gasteiger charge is -2.18. The van der Waals surface area contributed by atoms with Crippen LogP contribution < -0.4 is 15.4 Å². The van der Waals surface area contributed by atoms with E-state index >= 15 is 0 Å². The van der Waals surface area contributed by atoms with Gasteiger partial charge in [-0.15, -0.1) is 10.2 Å². The maximum Gasteiger partial charge on any atom is 0.321 e. The summed E-state index contributed by atoms with van der Waals surface area (Å²) in [6.45, 7) is 1.79. The lowest BCUT2D eigenvalue weighted by atomic mass is 9.90. The molecular weight excluding hydrogens is 398 g/mol. The van der Waals surface area contributed by atoms with Gasteiger partial charge in [-0.2, -0.15) is 0 Å². The Kier molecular flexibility index (Phi) is 6.50. The van der Waals surface area contributed by atoms with Crippen LogP contribution in [0.15, 0.2) is 24.3 Å². The molecular formula is C18H25N5O3S2. The molecule has 1 saturated carbocycles. The summed E-state index contributed by atoms with van der Waals surface area (Å²) < 4.78 is 25.6. The number of anilines is 2. The summed E-state index contributed by atoms with van der Waals surface area (Å²) in [4.78, 5) is 12.4. The first-order chi connectivity index (χ1) is 13.3. The molecule has 1 aromatic heterocycles. The van der Waals surface area contributed by atoms with Crippen LogP contribution >= 0.6 is 11.3 Å². The molecule has 8 nitrogen and oxygen atoms in total. The Hall–Kier alpha value is -2.20. The second-order valence-electron chi connectivity index (χ2n) is 7.06. The van der Waals surface area contributed by atoms with Crippen molar-refractivity contribution in [2.24, 2.45) is 0 Å². The van der Waals surface area contributed by atoms with Crippen LogP contribution in [-0.2, 0) is 10.0 Å². The molecule has 0 radical (unpaired) electrons. The van der Waals surface area contributed by atoms with Gasteiger partial charge in [0.05, 0.1) is 18.0 Å². The lowest BCUT2D eigenvalue weighted by Crippen LogP contribution is -2.31. The van der Waals surface area contributed by atoms with Crippen molar-refractivity contribution >= 4 is 38.2 Å². The Morgan fingerprint density at radius 2 is 1.89 bits per heavy atom. The predicted molar refractivity (Wildman–Crippen MR) is 111 cm³/mol. The van der Waals surface area contributed by atoms with E-state index < -0.39 is 22.1 Å². The maximum absolute atomic E-state index is 12.4. The first-order valence-electron chi connectivity index (χ1n) is 9.29. The topological polar surface area (TPSA) is 113 Å². The van der Waals surface area contributed by atoms with Crippen LogP contribution in [0.5, 0.6) is 0 Å². The molecule has 1 aliphatic rings. The number of amides is 2. The number of sulfonamides is 1. The Morgan fingerprint density at radius 1 is 1.18 bits per heavy atom. The van der Waals surface area contributed by atoms with Gasteiger partial charge in [-0.3, -0.25) is 10.0 Å². The van der Waals surface area contributed by atoms with E-state index in [1.165, 1.54) is 30.6 Å². The first-order valence-corrected chi connectivity index (χ1v) is 12.0. The first kappa shape index (κ1) is 20.5. The van der Waals surface area contributed by atoms with E-state index in [2.05, 4.69) is 25.6 Å². The van der Waals surface area contributed by atoms with Crippen molar-refractivity contribution in [3.8, 4) is 0 Å². The van der Waals surface area contributed by atoms with E-state index in [0.717, 1.165) is 24.1 Å². The molecule has 0 bridgehead atoms. The normalized spacial score (nSPS) is 16.4. The highest BCUT2D eigenvalue weighted by atomic mass is 32.2. The van der Waals surface area contributed by atoms with Crippen molar-refractivity contribution in [3.63, 3.8) is 0 Å². The van der Waals surface area contributed by atoms with E-state index in [1.54, 1.807) is 31.2 Å². The van der Waals surface area contributed by atoms with Crippen LogP contribution in [0.1, 0.15) is 61.6 Å². The number of urea groups is 1. The summed E-state index contributed by atoms with van der Waals surface area (Å²) in [5, 5.41) is 15.3. The largest absolute Gasteiger partial charge is 0.331 e. The fourth-order valence-corrected chi connectivity index (χ4v) is 4.87. The van der Waals surface area contributed by atoms with Gasteiger partial charge < -0.3 is 5.32 Å². The number of hydrogen-bond acceptors (Lipinski definition) is 6. The zero-order valence-corrected chi connectivity index (χ0v) is 17.6. The van der Waals surface area contributed by atoms with Gasteiger partial charge in [-0.25, -0.2) is 13.2 Å². The third-order valence-electron chi connectivity index (χ3n) is 4.69. The maximum atomic E-state index is 12.4. The van der Waals surface area contributed by atoms with Gasteiger partial charge in [0.1, 0.15) is 5.01 Å². The van der Waals surface area contributed by atoms with Gasteiger partial charge in [0.25, 0.3) is 0 Å². The van der Waals surface area contributed by atoms with Crippen LogP contribution in [0.2, 0.25) is 0 Å². The molecule has 2 aromatic rings.